The van der Waals surface area contributed by atoms with E-state index in [1.165, 1.54) is 14.2 Å². The number of methoxy groups -OCH3 is 2. The van der Waals surface area contributed by atoms with E-state index in [9.17, 15) is 9.59 Å². The smallest absolute Gasteiger partial charge is 0.319 e. The van der Waals surface area contributed by atoms with E-state index < -0.39 is 17.4 Å². The Morgan fingerprint density at radius 3 is 2.48 bits per heavy atom. The third-order valence-corrected chi connectivity index (χ3v) is 5.63. The number of hydrogen-bond donors (Lipinski definition) is 2. The molecule has 0 spiro atoms. The summed E-state index contributed by atoms with van der Waals surface area (Å²) in [5.74, 6) is 0.176. The summed E-state index contributed by atoms with van der Waals surface area (Å²) in [7, 11) is 6.55. The minimum atomic E-state index is -0.724. The molecule has 0 bridgehead atoms. The third-order valence-electron chi connectivity index (χ3n) is 5.63. The van der Waals surface area contributed by atoms with Crippen LogP contribution in [0.25, 0.3) is 11.4 Å². The van der Waals surface area contributed by atoms with Gasteiger partial charge in [0.05, 0.1) is 25.5 Å². The molecule has 1 atom stereocenters. The van der Waals surface area contributed by atoms with Gasteiger partial charge in [-0.15, -0.1) is 0 Å². The van der Waals surface area contributed by atoms with Crippen molar-refractivity contribution in [2.75, 3.05) is 34.9 Å². The van der Waals surface area contributed by atoms with Crippen LogP contribution >= 0.6 is 0 Å². The van der Waals surface area contributed by atoms with E-state index in [4.69, 9.17) is 14.5 Å². The molecule has 0 fully saturated rings. The molecule has 0 aliphatic carbocycles. The van der Waals surface area contributed by atoms with Crippen LogP contribution in [0.1, 0.15) is 43.4 Å². The quantitative estimate of drug-likeness (QED) is 0.658. The maximum Gasteiger partial charge on any atom is 0.319 e. The molecule has 33 heavy (non-hydrogen) atoms. The molecule has 0 saturated carbocycles. The summed E-state index contributed by atoms with van der Waals surface area (Å²) in [4.78, 5) is 41.3. The molecule has 0 radical (unpaired) electrons. The Balaban J connectivity index is 2.11. The summed E-state index contributed by atoms with van der Waals surface area (Å²) >= 11 is 0. The van der Waals surface area contributed by atoms with E-state index in [0.29, 0.717) is 30.4 Å². The van der Waals surface area contributed by atoms with Crippen molar-refractivity contribution in [3.05, 3.63) is 17.6 Å². The lowest BCUT2D eigenvalue weighted by atomic mass is 9.86. The molecule has 1 aliphatic heterocycles. The molecule has 2 N–H and O–H groups in total. The van der Waals surface area contributed by atoms with Gasteiger partial charge in [0.1, 0.15) is 11.9 Å². The van der Waals surface area contributed by atoms with Crippen LogP contribution in [0.3, 0.4) is 0 Å². The van der Waals surface area contributed by atoms with E-state index in [0.717, 1.165) is 18.7 Å². The number of fused-ring (bicyclic) bond motifs is 1. The number of imidazole rings is 1. The lowest BCUT2D eigenvalue weighted by Gasteiger charge is -2.29. The number of nitrogens with one attached hydrogen (secondary N) is 2. The van der Waals surface area contributed by atoms with Crippen molar-refractivity contribution >= 4 is 11.8 Å². The van der Waals surface area contributed by atoms with Crippen molar-refractivity contribution in [2.45, 2.75) is 46.3 Å². The molecule has 2 aromatic rings. The number of ether oxygens (including phenoxy) is 2. The second kappa shape index (κ2) is 9.74. The van der Waals surface area contributed by atoms with E-state index in [2.05, 4.69) is 25.5 Å². The molecule has 1 aliphatic rings. The van der Waals surface area contributed by atoms with Gasteiger partial charge >= 0.3 is 6.01 Å². The van der Waals surface area contributed by atoms with E-state index in [1.807, 2.05) is 32.4 Å². The molecule has 3 heterocycles. The van der Waals surface area contributed by atoms with Crippen LogP contribution in [-0.4, -0.2) is 77.1 Å². The molecular formula is C22H33N7O4. The van der Waals surface area contributed by atoms with E-state index in [1.54, 1.807) is 13.2 Å². The van der Waals surface area contributed by atoms with Gasteiger partial charge in [-0.2, -0.15) is 4.98 Å². The Morgan fingerprint density at radius 2 is 1.88 bits per heavy atom. The summed E-state index contributed by atoms with van der Waals surface area (Å²) in [6.45, 7) is 7.79. The summed E-state index contributed by atoms with van der Waals surface area (Å²) < 4.78 is 12.6. The highest BCUT2D eigenvalue weighted by molar-refractivity contribution is 5.98. The van der Waals surface area contributed by atoms with Crippen LogP contribution in [0.2, 0.25) is 0 Å². The largest absolute Gasteiger partial charge is 0.480 e. The first kappa shape index (κ1) is 24.4. The fourth-order valence-electron chi connectivity index (χ4n) is 3.89. The predicted molar refractivity (Wildman–Crippen MR) is 122 cm³/mol. The van der Waals surface area contributed by atoms with Crippen molar-refractivity contribution in [3.8, 4) is 23.3 Å². The average Bonchev–Trinajstić information content (AvgIpc) is 3.01. The zero-order chi connectivity index (χ0) is 24.3. The van der Waals surface area contributed by atoms with Crippen molar-refractivity contribution in [3.63, 3.8) is 0 Å². The second-order valence-corrected chi connectivity index (χ2v) is 9.14. The van der Waals surface area contributed by atoms with Crippen molar-refractivity contribution in [1.29, 1.82) is 0 Å². The topological polar surface area (TPSA) is 124 Å². The number of carbonyl (C=O) groups excluding carboxylic acids is 2. The van der Waals surface area contributed by atoms with E-state index in [-0.39, 0.29) is 17.6 Å². The van der Waals surface area contributed by atoms with Gasteiger partial charge in [-0.1, -0.05) is 20.8 Å². The maximum atomic E-state index is 13.4. The van der Waals surface area contributed by atoms with Gasteiger partial charge in [-0.3, -0.25) is 9.59 Å². The molecule has 180 valence electrons. The SMILES string of the molecule is CNC(=O)C(NC(=O)c1nc(-c2cnc(OC)nc2OC)n2c1CN(C)CCC2)C(C)(C)C. The molecule has 1 unspecified atom stereocenters. The molecule has 2 amide bonds. The highest BCUT2D eigenvalue weighted by Crippen LogP contribution is 2.32. The number of carbonyl (C=O) groups is 2. The normalized spacial score (nSPS) is 15.2. The van der Waals surface area contributed by atoms with Crippen molar-refractivity contribution in [1.82, 2.24) is 35.1 Å². The molecule has 0 aromatic carbocycles. The summed E-state index contributed by atoms with van der Waals surface area (Å²) in [5.41, 5.74) is 1.11. The second-order valence-electron chi connectivity index (χ2n) is 9.14. The fourth-order valence-corrected chi connectivity index (χ4v) is 3.89. The van der Waals surface area contributed by atoms with Gasteiger partial charge < -0.3 is 29.6 Å². The van der Waals surface area contributed by atoms with Crippen LogP contribution in [0.15, 0.2) is 6.20 Å². The molecule has 2 aromatic heterocycles. The van der Waals surface area contributed by atoms with Gasteiger partial charge in [-0.05, 0) is 25.4 Å². The fraction of sp³-hybridized carbons (Fsp3) is 0.591. The number of nitrogens with zero attached hydrogens (tertiary/aromatic N) is 5. The molecule has 11 heteroatoms. The highest BCUT2D eigenvalue weighted by Gasteiger charge is 2.35. The van der Waals surface area contributed by atoms with Crippen LogP contribution < -0.4 is 20.1 Å². The Labute approximate surface area is 193 Å². The Kier molecular flexibility index (Phi) is 7.21. The molecule has 3 rings (SSSR count). The lowest BCUT2D eigenvalue weighted by molar-refractivity contribution is -0.124. The van der Waals surface area contributed by atoms with Gasteiger partial charge in [0, 0.05) is 26.3 Å². The zero-order valence-electron chi connectivity index (χ0n) is 20.4. The Hall–Kier alpha value is -3.21. The predicted octanol–water partition coefficient (Wildman–Crippen LogP) is 1.08. The minimum absolute atomic E-state index is 0.176. The summed E-state index contributed by atoms with van der Waals surface area (Å²) in [6, 6.07) is -0.548. The number of hydrogen-bond acceptors (Lipinski definition) is 8. The van der Waals surface area contributed by atoms with Gasteiger partial charge in [0.15, 0.2) is 5.69 Å². The van der Waals surface area contributed by atoms with Crippen LogP contribution in [0.4, 0.5) is 0 Å². The van der Waals surface area contributed by atoms with Gasteiger partial charge in [-0.25, -0.2) is 9.97 Å². The standard InChI is InChI=1S/C22H33N7O4/c1-22(2,3)16(19(31)23-4)26-18(30)15-14-12-28(5)9-8-10-29(14)17(25-15)13-11-24-21(33-7)27-20(13)32-6/h11,16H,8-10,12H2,1-7H3,(H,23,31)(H,26,30). The molecule has 11 nitrogen and oxygen atoms in total. The number of amides is 2. The zero-order valence-corrected chi connectivity index (χ0v) is 20.4. The minimum Gasteiger partial charge on any atom is -0.480 e. The third kappa shape index (κ3) is 5.08. The number of aromatic nitrogens is 4. The first-order valence-electron chi connectivity index (χ1n) is 10.9. The van der Waals surface area contributed by atoms with Gasteiger partial charge in [0.25, 0.3) is 5.91 Å². The van der Waals surface area contributed by atoms with Crippen molar-refractivity contribution in [2.24, 2.45) is 5.41 Å². The monoisotopic (exact) mass is 459 g/mol. The molecule has 0 saturated heterocycles. The molecular weight excluding hydrogens is 426 g/mol. The summed E-state index contributed by atoms with van der Waals surface area (Å²) in [5, 5.41) is 5.53. The maximum absolute atomic E-state index is 13.4. The Bertz CT molecular complexity index is 1030. The van der Waals surface area contributed by atoms with Crippen molar-refractivity contribution < 1.29 is 19.1 Å². The van der Waals surface area contributed by atoms with Crippen LogP contribution in [-0.2, 0) is 17.9 Å². The summed E-state index contributed by atoms with van der Waals surface area (Å²) in [6.07, 6.45) is 2.47. The first-order valence-corrected chi connectivity index (χ1v) is 10.9. The first-order chi connectivity index (χ1) is 15.6. The highest BCUT2D eigenvalue weighted by atomic mass is 16.5. The lowest BCUT2D eigenvalue weighted by Crippen LogP contribution is -2.53. The number of rotatable bonds is 6. The Morgan fingerprint density at radius 1 is 1.15 bits per heavy atom. The van der Waals surface area contributed by atoms with Gasteiger partial charge in [0.2, 0.25) is 11.8 Å². The van der Waals surface area contributed by atoms with E-state index >= 15 is 0 Å². The number of likely N-dealkylation sites (N-methyl/N-ethyl adjacent to an activating group) is 1. The van der Waals surface area contributed by atoms with Crippen LogP contribution in [0, 0.1) is 5.41 Å². The average molecular weight is 460 g/mol. The van der Waals surface area contributed by atoms with Crippen LogP contribution in [0.5, 0.6) is 11.9 Å².